The first kappa shape index (κ1) is 20.2. The lowest BCUT2D eigenvalue weighted by Crippen LogP contribution is -2.32. The monoisotopic (exact) mass is 416 g/mol. The Morgan fingerprint density at radius 2 is 1.76 bits per heavy atom. The van der Waals surface area contributed by atoms with Gasteiger partial charge in [-0.3, -0.25) is 9.59 Å². The Bertz CT molecular complexity index is 1030. The highest BCUT2D eigenvalue weighted by Crippen LogP contribution is 2.34. The molecule has 150 valence electrons. The number of esters is 1. The predicted octanol–water partition coefficient (Wildman–Crippen LogP) is 2.93. The van der Waals surface area contributed by atoms with Gasteiger partial charge in [-0.25, -0.2) is 9.69 Å². The first-order valence-corrected chi connectivity index (χ1v) is 8.75. The van der Waals surface area contributed by atoms with E-state index in [1.807, 2.05) is 0 Å². The van der Waals surface area contributed by atoms with Crippen LogP contribution in [0.2, 0.25) is 0 Å². The summed E-state index contributed by atoms with van der Waals surface area (Å²) >= 11 is 6.16. The van der Waals surface area contributed by atoms with Gasteiger partial charge in [-0.15, -0.1) is 0 Å². The van der Waals surface area contributed by atoms with Crippen LogP contribution in [0.3, 0.4) is 0 Å². The van der Waals surface area contributed by atoms with Crippen LogP contribution >= 0.6 is 11.6 Å². The minimum absolute atomic E-state index is 0.119. The number of benzene rings is 2. The van der Waals surface area contributed by atoms with Gasteiger partial charge in [0.25, 0.3) is 11.8 Å². The van der Waals surface area contributed by atoms with Crippen LogP contribution in [0.25, 0.3) is 0 Å². The molecule has 0 fully saturated rings. The quantitative estimate of drug-likeness (QED) is 0.571. The first-order valence-electron chi connectivity index (χ1n) is 8.37. The Kier molecular flexibility index (Phi) is 5.74. The zero-order valence-corrected chi connectivity index (χ0v) is 16.6. The van der Waals surface area contributed by atoms with Gasteiger partial charge in [0.1, 0.15) is 22.2 Å². The number of hydrogen-bond acceptors (Lipinski definition) is 7. The maximum absolute atomic E-state index is 12.9. The van der Waals surface area contributed by atoms with Crippen LogP contribution in [0, 0.1) is 0 Å². The highest BCUT2D eigenvalue weighted by molar-refractivity contribution is 6.53. The van der Waals surface area contributed by atoms with E-state index in [9.17, 15) is 14.4 Å². The van der Waals surface area contributed by atoms with E-state index in [0.29, 0.717) is 17.2 Å². The Labute approximate surface area is 171 Å². The summed E-state index contributed by atoms with van der Waals surface area (Å²) in [5, 5.41) is 2.56. The summed E-state index contributed by atoms with van der Waals surface area (Å²) in [7, 11) is 4.20. The number of anilines is 2. The lowest BCUT2D eigenvalue weighted by atomic mass is 10.2. The molecule has 0 bridgehead atoms. The van der Waals surface area contributed by atoms with E-state index in [1.54, 1.807) is 18.2 Å². The zero-order chi connectivity index (χ0) is 21.1. The van der Waals surface area contributed by atoms with Gasteiger partial charge in [-0.05, 0) is 30.3 Å². The van der Waals surface area contributed by atoms with Crippen molar-refractivity contribution in [2.45, 2.75) is 0 Å². The standard InChI is InChI=1S/C20H17ClN2O6/c1-27-13-7-8-15(28-2)14(10-13)22-17-16(21)18(24)23(19(17)25)12-6-4-5-11(9-12)20(26)29-3/h4-10,22H,1-3H3. The number of carbonyl (C=O) groups excluding carboxylic acids is 3. The van der Waals surface area contributed by atoms with Crippen molar-refractivity contribution in [2.24, 2.45) is 0 Å². The second-order valence-electron chi connectivity index (χ2n) is 5.87. The summed E-state index contributed by atoms with van der Waals surface area (Å²) in [6.07, 6.45) is 0. The van der Waals surface area contributed by atoms with Crippen LogP contribution in [-0.4, -0.2) is 39.1 Å². The number of carbonyl (C=O) groups is 3. The summed E-state index contributed by atoms with van der Waals surface area (Å²) in [6, 6.07) is 10.9. The Hall–Kier alpha value is -3.52. The van der Waals surface area contributed by atoms with Crippen molar-refractivity contribution in [1.82, 2.24) is 0 Å². The average Bonchev–Trinajstić information content (AvgIpc) is 2.96. The average molecular weight is 417 g/mol. The number of nitrogens with zero attached hydrogens (tertiary/aromatic N) is 1. The van der Waals surface area contributed by atoms with Crippen molar-refractivity contribution >= 4 is 40.8 Å². The molecule has 1 aliphatic heterocycles. The predicted molar refractivity (Wildman–Crippen MR) is 106 cm³/mol. The molecule has 0 radical (unpaired) electrons. The van der Waals surface area contributed by atoms with Gasteiger partial charge in [0.15, 0.2) is 0 Å². The van der Waals surface area contributed by atoms with Crippen LogP contribution < -0.4 is 19.7 Å². The van der Waals surface area contributed by atoms with E-state index in [4.69, 9.17) is 21.1 Å². The van der Waals surface area contributed by atoms with Crippen molar-refractivity contribution in [3.05, 3.63) is 58.8 Å². The Morgan fingerprint density at radius 3 is 2.41 bits per heavy atom. The number of nitrogens with one attached hydrogen (secondary N) is 1. The van der Waals surface area contributed by atoms with Crippen LogP contribution in [0.1, 0.15) is 10.4 Å². The minimum Gasteiger partial charge on any atom is -0.497 e. The molecule has 0 aliphatic carbocycles. The van der Waals surface area contributed by atoms with E-state index >= 15 is 0 Å². The van der Waals surface area contributed by atoms with Gasteiger partial charge in [0, 0.05) is 6.07 Å². The number of halogens is 1. The third kappa shape index (κ3) is 3.74. The van der Waals surface area contributed by atoms with E-state index < -0.39 is 17.8 Å². The molecule has 0 atom stereocenters. The van der Waals surface area contributed by atoms with Gasteiger partial charge < -0.3 is 19.5 Å². The molecule has 2 amide bonds. The minimum atomic E-state index is -0.719. The summed E-state index contributed by atoms with van der Waals surface area (Å²) in [4.78, 5) is 38.2. The van der Waals surface area contributed by atoms with E-state index in [1.165, 1.54) is 45.6 Å². The van der Waals surface area contributed by atoms with Gasteiger partial charge in [-0.1, -0.05) is 17.7 Å². The first-order chi connectivity index (χ1) is 13.9. The molecular formula is C20H17ClN2O6. The lowest BCUT2D eigenvalue weighted by molar-refractivity contribution is -0.120. The molecule has 0 saturated heterocycles. The fraction of sp³-hybridized carbons (Fsp3) is 0.150. The third-order valence-electron chi connectivity index (χ3n) is 4.22. The molecule has 8 nitrogen and oxygen atoms in total. The summed E-state index contributed by atoms with van der Waals surface area (Å²) in [5.41, 5.74) is 0.658. The van der Waals surface area contributed by atoms with Crippen molar-refractivity contribution in [3.63, 3.8) is 0 Å². The van der Waals surface area contributed by atoms with Gasteiger partial charge in [-0.2, -0.15) is 0 Å². The molecule has 0 unspecified atom stereocenters. The van der Waals surface area contributed by atoms with Gasteiger partial charge in [0.05, 0.1) is 38.3 Å². The molecule has 3 rings (SSSR count). The van der Waals surface area contributed by atoms with Crippen LogP contribution in [0.4, 0.5) is 11.4 Å². The molecule has 2 aromatic rings. The Morgan fingerprint density at radius 1 is 1.00 bits per heavy atom. The molecule has 0 saturated carbocycles. The summed E-state index contributed by atoms with van der Waals surface area (Å²) in [6.45, 7) is 0. The fourth-order valence-electron chi connectivity index (χ4n) is 2.78. The number of imide groups is 1. The number of rotatable bonds is 6. The number of amides is 2. The van der Waals surface area contributed by atoms with Crippen LogP contribution in [-0.2, 0) is 14.3 Å². The van der Waals surface area contributed by atoms with Crippen molar-refractivity contribution in [3.8, 4) is 11.5 Å². The molecule has 9 heteroatoms. The van der Waals surface area contributed by atoms with Gasteiger partial charge >= 0.3 is 5.97 Å². The van der Waals surface area contributed by atoms with Crippen molar-refractivity contribution in [2.75, 3.05) is 31.5 Å². The molecule has 0 spiro atoms. The normalized spacial score (nSPS) is 13.6. The van der Waals surface area contributed by atoms with Gasteiger partial charge in [0.2, 0.25) is 0 Å². The second kappa shape index (κ2) is 8.24. The smallest absolute Gasteiger partial charge is 0.337 e. The fourth-order valence-corrected chi connectivity index (χ4v) is 2.99. The maximum Gasteiger partial charge on any atom is 0.337 e. The molecular weight excluding hydrogens is 400 g/mol. The third-order valence-corrected chi connectivity index (χ3v) is 4.57. The molecule has 0 aromatic heterocycles. The highest BCUT2D eigenvalue weighted by Gasteiger charge is 2.39. The number of hydrogen-bond donors (Lipinski definition) is 1. The maximum atomic E-state index is 12.9. The Balaban J connectivity index is 1.95. The SMILES string of the molecule is COC(=O)c1cccc(N2C(=O)C(Cl)=C(Nc3cc(OC)ccc3OC)C2=O)c1. The molecule has 1 aliphatic rings. The second-order valence-corrected chi connectivity index (χ2v) is 6.25. The van der Waals surface area contributed by atoms with Crippen molar-refractivity contribution in [1.29, 1.82) is 0 Å². The molecule has 2 aromatic carbocycles. The molecule has 29 heavy (non-hydrogen) atoms. The molecule has 1 N–H and O–H groups in total. The largest absolute Gasteiger partial charge is 0.497 e. The summed E-state index contributed by atoms with van der Waals surface area (Å²) < 4.78 is 15.1. The molecule has 1 heterocycles. The van der Waals surface area contributed by atoms with Crippen molar-refractivity contribution < 1.29 is 28.6 Å². The summed E-state index contributed by atoms with van der Waals surface area (Å²) in [5.74, 6) is -1.04. The van der Waals surface area contributed by atoms with Crippen LogP contribution in [0.15, 0.2) is 53.2 Å². The van der Waals surface area contributed by atoms with E-state index in [2.05, 4.69) is 10.1 Å². The van der Waals surface area contributed by atoms with Crippen LogP contribution in [0.5, 0.6) is 11.5 Å². The van der Waals surface area contributed by atoms with E-state index in [0.717, 1.165) is 4.90 Å². The highest BCUT2D eigenvalue weighted by atomic mass is 35.5. The number of ether oxygens (including phenoxy) is 3. The lowest BCUT2D eigenvalue weighted by Gasteiger charge is -2.16. The topological polar surface area (TPSA) is 94.2 Å². The zero-order valence-electron chi connectivity index (χ0n) is 15.8. The number of methoxy groups -OCH3 is 3. The van der Waals surface area contributed by atoms with E-state index in [-0.39, 0.29) is 22.0 Å².